The monoisotopic (exact) mass is 232 g/mol. The highest BCUT2D eigenvalue weighted by atomic mass is 16.4. The Hall–Kier alpha value is -2.36. The summed E-state index contributed by atoms with van der Waals surface area (Å²) in [5.74, 6) is -2.87. The predicted octanol–water partition coefficient (Wildman–Crippen LogP) is 2.19. The summed E-state index contributed by atoms with van der Waals surface area (Å²) in [4.78, 5) is 21.4. The fourth-order valence-corrected chi connectivity index (χ4v) is 1.30. The minimum atomic E-state index is -1.44. The molecule has 0 bridgehead atoms. The lowest BCUT2D eigenvalue weighted by atomic mass is 10.1. The summed E-state index contributed by atoms with van der Waals surface area (Å²) >= 11 is 0. The molecule has 0 heterocycles. The van der Waals surface area contributed by atoms with Gasteiger partial charge >= 0.3 is 11.9 Å². The van der Waals surface area contributed by atoms with Crippen LogP contribution in [0.15, 0.2) is 47.6 Å². The molecule has 0 spiro atoms. The Bertz CT molecular complexity index is 467. The topological polar surface area (TPSA) is 74.6 Å². The van der Waals surface area contributed by atoms with E-state index < -0.39 is 17.5 Å². The van der Waals surface area contributed by atoms with Crippen molar-refractivity contribution in [2.45, 2.75) is 6.92 Å². The first-order valence-corrected chi connectivity index (χ1v) is 4.93. The molecular weight excluding hydrogens is 220 g/mol. The molecule has 0 saturated heterocycles. The Labute approximate surface area is 98.5 Å². The van der Waals surface area contributed by atoms with Gasteiger partial charge in [0.05, 0.1) is 0 Å². The van der Waals surface area contributed by atoms with Gasteiger partial charge in [0, 0.05) is 0 Å². The molecule has 0 aliphatic carbocycles. The van der Waals surface area contributed by atoms with Gasteiger partial charge in [-0.1, -0.05) is 42.5 Å². The first-order valence-electron chi connectivity index (χ1n) is 4.93. The van der Waals surface area contributed by atoms with Gasteiger partial charge in [-0.3, -0.25) is 0 Å². The van der Waals surface area contributed by atoms with Crippen LogP contribution in [0.5, 0.6) is 0 Å². The van der Waals surface area contributed by atoms with E-state index in [1.54, 1.807) is 6.08 Å². The number of rotatable bonds is 4. The molecule has 4 heteroatoms. The average Bonchev–Trinajstić information content (AvgIpc) is 2.27. The van der Waals surface area contributed by atoms with Crippen molar-refractivity contribution in [3.63, 3.8) is 0 Å². The highest BCUT2D eigenvalue weighted by Gasteiger charge is 2.17. The van der Waals surface area contributed by atoms with E-state index >= 15 is 0 Å². The van der Waals surface area contributed by atoms with Crippen molar-refractivity contribution >= 4 is 18.0 Å². The zero-order valence-electron chi connectivity index (χ0n) is 9.25. The van der Waals surface area contributed by atoms with E-state index in [9.17, 15) is 9.59 Å². The average molecular weight is 232 g/mol. The van der Waals surface area contributed by atoms with Gasteiger partial charge in [0.1, 0.15) is 5.57 Å². The number of carboxylic acids is 2. The van der Waals surface area contributed by atoms with Gasteiger partial charge < -0.3 is 10.2 Å². The van der Waals surface area contributed by atoms with Gasteiger partial charge in [0.25, 0.3) is 0 Å². The molecule has 0 atom stereocenters. The Balaban J connectivity index is 3.01. The van der Waals surface area contributed by atoms with Gasteiger partial charge in [0.2, 0.25) is 0 Å². The molecule has 1 aromatic rings. The molecule has 0 aromatic heterocycles. The van der Waals surface area contributed by atoms with Gasteiger partial charge in [-0.2, -0.15) is 0 Å². The number of carboxylic acid groups (broad SMARTS) is 2. The van der Waals surface area contributed by atoms with Crippen LogP contribution in [0.2, 0.25) is 0 Å². The van der Waals surface area contributed by atoms with Crippen molar-refractivity contribution in [3.05, 3.63) is 53.1 Å². The number of carbonyl (C=O) groups is 2. The highest BCUT2D eigenvalue weighted by molar-refractivity contribution is 6.13. The number of aliphatic carboxylic acids is 2. The van der Waals surface area contributed by atoms with E-state index in [4.69, 9.17) is 10.2 Å². The molecule has 88 valence electrons. The maximum atomic E-state index is 10.7. The van der Waals surface area contributed by atoms with Gasteiger partial charge in [0.15, 0.2) is 0 Å². The van der Waals surface area contributed by atoms with Crippen molar-refractivity contribution in [1.82, 2.24) is 0 Å². The summed E-state index contributed by atoms with van der Waals surface area (Å²) in [5, 5.41) is 17.5. The second-order valence-electron chi connectivity index (χ2n) is 3.41. The SMILES string of the molecule is CC(C=Cc1ccccc1)=C(C(=O)O)C(=O)O. The fraction of sp³-hybridized carbons (Fsp3) is 0.0769. The van der Waals surface area contributed by atoms with Crippen molar-refractivity contribution in [2.75, 3.05) is 0 Å². The molecule has 1 rings (SSSR count). The van der Waals surface area contributed by atoms with Crippen LogP contribution in [-0.2, 0) is 9.59 Å². The molecule has 0 aliphatic rings. The summed E-state index contributed by atoms with van der Waals surface area (Å²) in [5.41, 5.74) is 0.466. The maximum Gasteiger partial charge on any atom is 0.343 e. The third kappa shape index (κ3) is 3.61. The molecular formula is C13H12O4. The minimum Gasteiger partial charge on any atom is -0.477 e. The van der Waals surface area contributed by atoms with E-state index in [1.807, 2.05) is 30.3 Å². The second-order valence-corrected chi connectivity index (χ2v) is 3.41. The van der Waals surface area contributed by atoms with E-state index in [2.05, 4.69) is 0 Å². The fourth-order valence-electron chi connectivity index (χ4n) is 1.30. The van der Waals surface area contributed by atoms with Crippen molar-refractivity contribution in [1.29, 1.82) is 0 Å². The molecule has 0 radical (unpaired) electrons. The van der Waals surface area contributed by atoms with E-state index in [0.717, 1.165) is 5.56 Å². The maximum absolute atomic E-state index is 10.7. The van der Waals surface area contributed by atoms with Gasteiger partial charge in [-0.15, -0.1) is 0 Å². The number of benzene rings is 1. The largest absolute Gasteiger partial charge is 0.477 e. The Morgan fingerprint density at radius 1 is 1.06 bits per heavy atom. The Kier molecular flexibility index (Phi) is 4.22. The van der Waals surface area contributed by atoms with Crippen molar-refractivity contribution < 1.29 is 19.8 Å². The summed E-state index contributed by atoms with van der Waals surface area (Å²) in [6.07, 6.45) is 3.15. The molecule has 0 fully saturated rings. The smallest absolute Gasteiger partial charge is 0.343 e. The molecule has 0 saturated carbocycles. The van der Waals surface area contributed by atoms with E-state index in [0.29, 0.717) is 0 Å². The first kappa shape index (κ1) is 12.7. The lowest BCUT2D eigenvalue weighted by molar-refractivity contribution is -0.140. The number of hydrogen-bond donors (Lipinski definition) is 2. The van der Waals surface area contributed by atoms with Crippen LogP contribution in [0, 0.1) is 0 Å². The zero-order chi connectivity index (χ0) is 12.8. The first-order chi connectivity index (χ1) is 8.02. The van der Waals surface area contributed by atoms with Gasteiger partial charge in [-0.25, -0.2) is 9.59 Å². The Morgan fingerprint density at radius 2 is 1.59 bits per heavy atom. The number of allylic oxidation sites excluding steroid dienone is 2. The number of hydrogen-bond acceptors (Lipinski definition) is 2. The summed E-state index contributed by atoms with van der Waals surface area (Å²) in [7, 11) is 0. The van der Waals surface area contributed by atoms with Crippen LogP contribution in [0.1, 0.15) is 12.5 Å². The zero-order valence-corrected chi connectivity index (χ0v) is 9.25. The lowest BCUT2D eigenvalue weighted by Gasteiger charge is -1.99. The van der Waals surface area contributed by atoms with E-state index in [1.165, 1.54) is 13.0 Å². The quantitative estimate of drug-likeness (QED) is 0.361. The standard InChI is InChI=1S/C13H12O4/c1-9(11(12(14)15)13(16)17)7-8-10-5-3-2-4-6-10/h2-8H,1H3,(H,14,15)(H,16,17). The Morgan fingerprint density at radius 3 is 2.06 bits per heavy atom. The molecule has 1 aromatic carbocycles. The predicted molar refractivity (Wildman–Crippen MR) is 63.4 cm³/mol. The minimum absolute atomic E-state index is 0.203. The lowest BCUT2D eigenvalue weighted by Crippen LogP contribution is -2.12. The van der Waals surface area contributed by atoms with Gasteiger partial charge in [-0.05, 0) is 18.1 Å². The van der Waals surface area contributed by atoms with Crippen LogP contribution < -0.4 is 0 Å². The molecule has 17 heavy (non-hydrogen) atoms. The molecule has 0 unspecified atom stereocenters. The summed E-state index contributed by atoms with van der Waals surface area (Å²) < 4.78 is 0. The normalized spacial score (nSPS) is 10.2. The third-order valence-electron chi connectivity index (χ3n) is 2.15. The summed E-state index contributed by atoms with van der Waals surface area (Å²) in [6, 6.07) is 9.22. The highest BCUT2D eigenvalue weighted by Crippen LogP contribution is 2.09. The molecule has 0 amide bonds. The third-order valence-corrected chi connectivity index (χ3v) is 2.15. The van der Waals surface area contributed by atoms with Crippen LogP contribution in [0.3, 0.4) is 0 Å². The van der Waals surface area contributed by atoms with Crippen LogP contribution in [0.4, 0.5) is 0 Å². The van der Waals surface area contributed by atoms with Crippen LogP contribution >= 0.6 is 0 Å². The van der Waals surface area contributed by atoms with Crippen molar-refractivity contribution in [3.8, 4) is 0 Å². The molecule has 2 N–H and O–H groups in total. The molecule has 4 nitrogen and oxygen atoms in total. The molecule has 0 aliphatic heterocycles. The summed E-state index contributed by atoms with van der Waals surface area (Å²) in [6.45, 7) is 1.46. The van der Waals surface area contributed by atoms with Crippen LogP contribution in [0.25, 0.3) is 6.08 Å². The van der Waals surface area contributed by atoms with Crippen LogP contribution in [-0.4, -0.2) is 22.2 Å². The second kappa shape index (κ2) is 5.65. The van der Waals surface area contributed by atoms with E-state index in [-0.39, 0.29) is 5.57 Å². The van der Waals surface area contributed by atoms with Crippen molar-refractivity contribution in [2.24, 2.45) is 0 Å².